The monoisotopic (exact) mass is 393 g/mol. The molecule has 2 aromatic rings. The van der Waals surface area contributed by atoms with Crippen molar-refractivity contribution in [1.29, 1.82) is 0 Å². The van der Waals surface area contributed by atoms with Crippen molar-refractivity contribution in [2.45, 2.75) is 4.90 Å². The molecule has 0 aromatic heterocycles. The Morgan fingerprint density at radius 1 is 1.04 bits per heavy atom. The van der Waals surface area contributed by atoms with Gasteiger partial charge in [0, 0.05) is 21.7 Å². The van der Waals surface area contributed by atoms with Crippen LogP contribution in [0.5, 0.6) is 0 Å². The molecule has 1 amide bonds. The Morgan fingerprint density at radius 3 is 2.43 bits per heavy atom. The van der Waals surface area contributed by atoms with Crippen molar-refractivity contribution in [3.63, 3.8) is 0 Å². The maximum atomic E-state index is 11.8. The third kappa shape index (κ3) is 6.46. The SMILES string of the molecule is O=C(COC(=O)c1ccc(Br)cc1)NCCSc1ccccc1. The van der Waals surface area contributed by atoms with E-state index < -0.39 is 5.97 Å². The summed E-state index contributed by atoms with van der Waals surface area (Å²) in [6, 6.07) is 16.7. The van der Waals surface area contributed by atoms with Crippen LogP contribution in [0.4, 0.5) is 0 Å². The Bertz CT molecular complexity index is 647. The molecule has 4 nitrogen and oxygen atoms in total. The van der Waals surface area contributed by atoms with E-state index in [2.05, 4.69) is 21.2 Å². The van der Waals surface area contributed by atoms with Crippen molar-refractivity contribution < 1.29 is 14.3 Å². The Morgan fingerprint density at radius 2 is 1.74 bits per heavy atom. The molecule has 0 radical (unpaired) electrons. The van der Waals surface area contributed by atoms with Gasteiger partial charge in [-0.1, -0.05) is 34.1 Å². The molecular weight excluding hydrogens is 378 g/mol. The first-order chi connectivity index (χ1) is 11.1. The van der Waals surface area contributed by atoms with Crippen LogP contribution >= 0.6 is 27.7 Å². The number of hydrogen-bond donors (Lipinski definition) is 1. The zero-order valence-electron chi connectivity index (χ0n) is 12.3. The van der Waals surface area contributed by atoms with Crippen molar-refractivity contribution in [1.82, 2.24) is 5.32 Å². The largest absolute Gasteiger partial charge is 0.452 e. The lowest BCUT2D eigenvalue weighted by Gasteiger charge is -2.07. The van der Waals surface area contributed by atoms with E-state index in [0.717, 1.165) is 15.1 Å². The normalized spacial score (nSPS) is 10.1. The molecular formula is C17H16BrNO3S. The van der Waals surface area contributed by atoms with Gasteiger partial charge in [-0.05, 0) is 36.4 Å². The highest BCUT2D eigenvalue weighted by molar-refractivity contribution is 9.10. The van der Waals surface area contributed by atoms with Crippen molar-refractivity contribution in [3.8, 4) is 0 Å². The second-order valence-electron chi connectivity index (χ2n) is 4.59. The summed E-state index contributed by atoms with van der Waals surface area (Å²) in [4.78, 5) is 24.5. The minimum absolute atomic E-state index is 0.273. The molecule has 6 heteroatoms. The number of thioether (sulfide) groups is 1. The molecule has 0 atom stereocenters. The first-order valence-electron chi connectivity index (χ1n) is 7.02. The molecule has 0 fully saturated rings. The maximum absolute atomic E-state index is 11.8. The van der Waals surface area contributed by atoms with Gasteiger partial charge in [0.15, 0.2) is 6.61 Å². The lowest BCUT2D eigenvalue weighted by molar-refractivity contribution is -0.124. The molecule has 0 bridgehead atoms. The number of esters is 1. The Labute approximate surface area is 147 Å². The Hall–Kier alpha value is -1.79. The summed E-state index contributed by atoms with van der Waals surface area (Å²) < 4.78 is 5.85. The number of carbonyl (C=O) groups excluding carboxylic acids is 2. The van der Waals surface area contributed by atoms with Gasteiger partial charge in [-0.2, -0.15) is 0 Å². The van der Waals surface area contributed by atoms with Crippen LogP contribution in [0.3, 0.4) is 0 Å². The molecule has 2 rings (SSSR count). The molecule has 120 valence electrons. The zero-order valence-corrected chi connectivity index (χ0v) is 14.7. The summed E-state index contributed by atoms with van der Waals surface area (Å²) in [6.07, 6.45) is 0. The van der Waals surface area contributed by atoms with E-state index in [1.54, 1.807) is 36.0 Å². The Kier molecular flexibility index (Phi) is 7.16. The van der Waals surface area contributed by atoms with Crippen LogP contribution in [0.15, 0.2) is 64.0 Å². The number of carbonyl (C=O) groups is 2. The Balaban J connectivity index is 1.63. The summed E-state index contributed by atoms with van der Waals surface area (Å²) in [5.41, 5.74) is 0.417. The fourth-order valence-electron chi connectivity index (χ4n) is 1.73. The summed E-state index contributed by atoms with van der Waals surface area (Å²) >= 11 is 4.95. The molecule has 0 spiro atoms. The first kappa shape index (κ1) is 17.6. The van der Waals surface area contributed by atoms with Crippen LogP contribution in [0.25, 0.3) is 0 Å². The van der Waals surface area contributed by atoms with E-state index >= 15 is 0 Å². The number of amides is 1. The number of ether oxygens (including phenoxy) is 1. The quantitative estimate of drug-likeness (QED) is 0.444. The zero-order chi connectivity index (χ0) is 16.5. The van der Waals surface area contributed by atoms with Crippen LogP contribution in [0, 0.1) is 0 Å². The first-order valence-corrected chi connectivity index (χ1v) is 8.80. The topological polar surface area (TPSA) is 55.4 Å². The van der Waals surface area contributed by atoms with Crippen molar-refractivity contribution in [2.24, 2.45) is 0 Å². The molecule has 0 heterocycles. The highest BCUT2D eigenvalue weighted by atomic mass is 79.9. The molecule has 0 aliphatic rings. The summed E-state index contributed by atoms with van der Waals surface area (Å²) in [6.45, 7) is 0.249. The standard InChI is InChI=1S/C17H16BrNO3S/c18-14-8-6-13(7-9-14)17(21)22-12-16(20)19-10-11-23-15-4-2-1-3-5-15/h1-9H,10-12H2,(H,19,20). The minimum Gasteiger partial charge on any atom is -0.452 e. The minimum atomic E-state index is -0.508. The average molecular weight is 394 g/mol. The number of benzene rings is 2. The van der Waals surface area contributed by atoms with Crippen LogP contribution in [0.1, 0.15) is 10.4 Å². The summed E-state index contributed by atoms with van der Waals surface area (Å²) in [7, 11) is 0. The van der Waals surface area contributed by atoms with Crippen molar-refractivity contribution >= 4 is 39.6 Å². The third-order valence-electron chi connectivity index (χ3n) is 2.85. The summed E-state index contributed by atoms with van der Waals surface area (Å²) in [5.74, 6) is -0.0495. The molecule has 0 saturated heterocycles. The van der Waals surface area contributed by atoms with Gasteiger partial charge in [0.05, 0.1) is 5.56 Å². The van der Waals surface area contributed by atoms with Gasteiger partial charge < -0.3 is 10.1 Å². The number of halogens is 1. The predicted octanol–water partition coefficient (Wildman–Crippen LogP) is 3.51. The maximum Gasteiger partial charge on any atom is 0.338 e. The summed E-state index contributed by atoms with van der Waals surface area (Å²) in [5, 5.41) is 2.72. The van der Waals surface area contributed by atoms with E-state index in [0.29, 0.717) is 12.1 Å². The van der Waals surface area contributed by atoms with E-state index in [1.165, 1.54) is 0 Å². The third-order valence-corrected chi connectivity index (χ3v) is 4.39. The highest BCUT2D eigenvalue weighted by Crippen LogP contribution is 2.15. The molecule has 0 aliphatic carbocycles. The highest BCUT2D eigenvalue weighted by Gasteiger charge is 2.09. The van der Waals surface area contributed by atoms with Crippen molar-refractivity contribution in [2.75, 3.05) is 18.9 Å². The van der Waals surface area contributed by atoms with Gasteiger partial charge >= 0.3 is 5.97 Å². The van der Waals surface area contributed by atoms with Gasteiger partial charge in [0.25, 0.3) is 5.91 Å². The second kappa shape index (κ2) is 9.37. The van der Waals surface area contributed by atoms with Gasteiger partial charge in [-0.15, -0.1) is 11.8 Å². The molecule has 0 saturated carbocycles. The van der Waals surface area contributed by atoms with E-state index in [4.69, 9.17) is 4.74 Å². The fraction of sp³-hybridized carbons (Fsp3) is 0.176. The van der Waals surface area contributed by atoms with Crippen LogP contribution in [-0.4, -0.2) is 30.8 Å². The second-order valence-corrected chi connectivity index (χ2v) is 6.68. The van der Waals surface area contributed by atoms with E-state index in [9.17, 15) is 9.59 Å². The molecule has 1 N–H and O–H groups in total. The van der Waals surface area contributed by atoms with Crippen molar-refractivity contribution in [3.05, 3.63) is 64.6 Å². The fourth-order valence-corrected chi connectivity index (χ4v) is 2.78. The lowest BCUT2D eigenvalue weighted by atomic mass is 10.2. The van der Waals surface area contributed by atoms with Crippen LogP contribution in [-0.2, 0) is 9.53 Å². The number of hydrogen-bond acceptors (Lipinski definition) is 4. The van der Waals surface area contributed by atoms with Gasteiger partial charge in [0.2, 0.25) is 0 Å². The van der Waals surface area contributed by atoms with Crippen LogP contribution in [0.2, 0.25) is 0 Å². The lowest BCUT2D eigenvalue weighted by Crippen LogP contribution is -2.30. The molecule has 23 heavy (non-hydrogen) atoms. The smallest absolute Gasteiger partial charge is 0.338 e. The molecule has 2 aromatic carbocycles. The molecule has 0 unspecified atom stereocenters. The molecule has 0 aliphatic heterocycles. The number of nitrogens with one attached hydrogen (secondary N) is 1. The number of rotatable bonds is 7. The average Bonchev–Trinajstić information content (AvgIpc) is 2.58. The van der Waals surface area contributed by atoms with E-state index in [1.807, 2.05) is 30.3 Å². The van der Waals surface area contributed by atoms with E-state index in [-0.39, 0.29) is 12.5 Å². The van der Waals surface area contributed by atoms with Gasteiger partial charge in [-0.25, -0.2) is 4.79 Å². The van der Waals surface area contributed by atoms with Crippen LogP contribution < -0.4 is 5.32 Å². The van der Waals surface area contributed by atoms with Gasteiger partial charge in [0.1, 0.15) is 0 Å². The predicted molar refractivity (Wildman–Crippen MR) is 94.6 cm³/mol. The van der Waals surface area contributed by atoms with Gasteiger partial charge in [-0.3, -0.25) is 4.79 Å².